The van der Waals surface area contributed by atoms with Gasteiger partial charge < -0.3 is 9.29 Å². The molecule has 0 amide bonds. The maximum atomic E-state index is 11.4. The molecule has 0 atom stereocenters. The Bertz CT molecular complexity index is 445. The summed E-state index contributed by atoms with van der Waals surface area (Å²) >= 11 is 0. The van der Waals surface area contributed by atoms with Crippen LogP contribution in [0.5, 0.6) is 0 Å². The van der Waals surface area contributed by atoms with Gasteiger partial charge >= 0.3 is 29.6 Å². The molecule has 0 aliphatic carbocycles. The van der Waals surface area contributed by atoms with Gasteiger partial charge in [-0.05, 0) is 39.5 Å². The van der Waals surface area contributed by atoms with E-state index in [2.05, 4.69) is 0 Å². The topological polar surface area (TPSA) is 110 Å². The van der Waals surface area contributed by atoms with E-state index < -0.39 is 20.2 Å². The summed E-state index contributed by atoms with van der Waals surface area (Å²) in [6.07, 6.45) is 1.46. The molecule has 0 aliphatic rings. The minimum absolute atomic E-state index is 0. The first-order chi connectivity index (χ1) is 9.12. The summed E-state index contributed by atoms with van der Waals surface area (Å²) in [7, 11) is -7.59. The van der Waals surface area contributed by atoms with Crippen LogP contribution in [0.25, 0.3) is 0 Å². The Hall–Kier alpha value is 0.780. The monoisotopic (exact) mass is 354 g/mol. The Morgan fingerprint density at radius 2 is 1.38 bits per heavy atom. The molecule has 0 unspecified atom stereocenters. The largest absolute Gasteiger partial charge is 1.00 e. The zero-order valence-electron chi connectivity index (χ0n) is 12.9. The third kappa shape index (κ3) is 18.7. The van der Waals surface area contributed by atoms with Gasteiger partial charge in [0.1, 0.15) is 0 Å². The maximum Gasteiger partial charge on any atom is 1.00 e. The average Bonchev–Trinajstić information content (AvgIpc) is 2.23. The molecule has 0 spiro atoms. The second-order valence-corrected chi connectivity index (χ2v) is 7.93. The third-order valence-electron chi connectivity index (χ3n) is 2.21. The Kier molecular flexibility index (Phi) is 14.0. The fourth-order valence-corrected chi connectivity index (χ4v) is 3.21. The summed E-state index contributed by atoms with van der Waals surface area (Å²) in [5.74, 6) is -0.413. The second-order valence-electron chi connectivity index (χ2n) is 4.70. The predicted octanol–water partition coefficient (Wildman–Crippen LogP) is -2.13. The van der Waals surface area contributed by atoms with Crippen LogP contribution in [0.15, 0.2) is 0 Å². The van der Waals surface area contributed by atoms with Gasteiger partial charge in [-0.2, -0.15) is 8.42 Å². The first-order valence-corrected chi connectivity index (χ1v) is 9.70. The van der Waals surface area contributed by atoms with Crippen molar-refractivity contribution in [3.05, 3.63) is 0 Å². The molecule has 0 aromatic carbocycles. The summed E-state index contributed by atoms with van der Waals surface area (Å²) in [4.78, 5) is 0. The minimum atomic E-state index is -4.14. The van der Waals surface area contributed by atoms with Crippen molar-refractivity contribution in [2.75, 3.05) is 24.7 Å². The summed E-state index contributed by atoms with van der Waals surface area (Å²) in [6, 6.07) is 0. The first kappa shape index (κ1) is 24.0. The van der Waals surface area contributed by atoms with Gasteiger partial charge in [-0.1, -0.05) is 0 Å². The van der Waals surface area contributed by atoms with Crippen molar-refractivity contribution >= 4 is 20.2 Å². The van der Waals surface area contributed by atoms with Crippen LogP contribution in [0, 0.1) is 0 Å². The maximum absolute atomic E-state index is 11.4. The molecule has 0 saturated carbocycles. The molecule has 0 rings (SSSR count). The molecule has 0 fully saturated rings. The summed E-state index contributed by atoms with van der Waals surface area (Å²) in [5.41, 5.74) is 0. The number of hydrogen-bond acceptors (Lipinski definition) is 7. The number of unbranched alkanes of at least 4 members (excludes halogenated alkanes) is 2. The van der Waals surface area contributed by atoms with Crippen LogP contribution in [-0.4, -0.2) is 52.2 Å². The van der Waals surface area contributed by atoms with Gasteiger partial charge in [-0.25, -0.2) is 8.42 Å². The van der Waals surface area contributed by atoms with Gasteiger partial charge in [0, 0.05) is 19.0 Å². The molecule has 122 valence electrons. The molecule has 0 bridgehead atoms. The van der Waals surface area contributed by atoms with Crippen molar-refractivity contribution in [2.45, 2.75) is 45.6 Å². The van der Waals surface area contributed by atoms with E-state index >= 15 is 0 Å². The van der Waals surface area contributed by atoms with Crippen LogP contribution < -0.4 is 29.6 Å². The first-order valence-electron chi connectivity index (χ1n) is 6.55. The van der Waals surface area contributed by atoms with Crippen LogP contribution >= 0.6 is 0 Å². The molecule has 0 aromatic heterocycles. The van der Waals surface area contributed by atoms with Crippen LogP contribution in [-0.2, 0) is 29.2 Å². The summed E-state index contributed by atoms with van der Waals surface area (Å²) < 4.78 is 63.6. The van der Waals surface area contributed by atoms with Crippen molar-refractivity contribution in [1.82, 2.24) is 0 Å². The van der Waals surface area contributed by atoms with Crippen LogP contribution in [0.4, 0.5) is 0 Å². The van der Waals surface area contributed by atoms with Gasteiger partial charge in [-0.3, -0.25) is 4.18 Å². The summed E-state index contributed by atoms with van der Waals surface area (Å²) in [5, 5.41) is 0. The second kappa shape index (κ2) is 12.2. The van der Waals surface area contributed by atoms with E-state index in [0.29, 0.717) is 32.5 Å². The zero-order valence-corrected chi connectivity index (χ0v) is 16.5. The molecule has 10 heteroatoms. The van der Waals surface area contributed by atoms with Gasteiger partial charge in [0.25, 0.3) is 10.1 Å². The minimum Gasteiger partial charge on any atom is -0.748 e. The molecule has 21 heavy (non-hydrogen) atoms. The number of hydrogen-bond donors (Lipinski definition) is 0. The van der Waals surface area contributed by atoms with Crippen molar-refractivity contribution in [3.8, 4) is 0 Å². The van der Waals surface area contributed by atoms with Crippen molar-refractivity contribution < 1.29 is 59.9 Å². The SMILES string of the molecule is CC(C)OS(=O)(=O)CCCCOCCCCS(=O)(=O)[O-].[Na+]. The molecule has 0 aliphatic heterocycles. The van der Waals surface area contributed by atoms with Gasteiger partial charge in [0.2, 0.25) is 0 Å². The number of rotatable bonds is 12. The smallest absolute Gasteiger partial charge is 0.748 e. The normalized spacial score (nSPS) is 12.4. The molecule has 0 radical (unpaired) electrons. The Labute approximate surface area is 149 Å². The Morgan fingerprint density at radius 3 is 1.81 bits per heavy atom. The standard InChI is InChI=1S/C11H24O7S2.Na/c1-11(2)18-20(15,16)10-6-4-8-17-7-3-5-9-19(12,13)14;/h11H,3-10H2,1-2H3,(H,12,13,14);/q;+1/p-1. The van der Waals surface area contributed by atoms with Gasteiger partial charge in [0.15, 0.2) is 0 Å². The Balaban J connectivity index is 0. The molecule has 0 N–H and O–H groups in total. The van der Waals surface area contributed by atoms with Crippen molar-refractivity contribution in [1.29, 1.82) is 0 Å². The van der Waals surface area contributed by atoms with E-state index in [1.165, 1.54) is 0 Å². The van der Waals surface area contributed by atoms with Gasteiger partial charge in [0.05, 0.1) is 22.0 Å². The number of ether oxygens (including phenoxy) is 1. The van der Waals surface area contributed by atoms with E-state index in [4.69, 9.17) is 8.92 Å². The molecule has 0 aromatic rings. The molecule has 0 saturated heterocycles. The van der Waals surface area contributed by atoms with Crippen molar-refractivity contribution in [2.24, 2.45) is 0 Å². The van der Waals surface area contributed by atoms with E-state index in [-0.39, 0.29) is 53.6 Å². The molecular weight excluding hydrogens is 331 g/mol. The summed E-state index contributed by atoms with van der Waals surface area (Å²) in [6.45, 7) is 4.08. The predicted molar refractivity (Wildman–Crippen MR) is 73.9 cm³/mol. The fourth-order valence-electron chi connectivity index (χ4n) is 1.41. The van der Waals surface area contributed by atoms with Crippen LogP contribution in [0.2, 0.25) is 0 Å². The van der Waals surface area contributed by atoms with Crippen LogP contribution in [0.1, 0.15) is 39.5 Å². The Morgan fingerprint density at radius 1 is 0.905 bits per heavy atom. The van der Waals surface area contributed by atoms with Crippen LogP contribution in [0.3, 0.4) is 0 Å². The van der Waals surface area contributed by atoms with E-state index in [0.717, 1.165) is 0 Å². The molecule has 0 heterocycles. The van der Waals surface area contributed by atoms with E-state index in [9.17, 15) is 21.4 Å². The third-order valence-corrected chi connectivity index (χ3v) is 4.46. The molecular formula is C11H23NaO7S2. The molecule has 7 nitrogen and oxygen atoms in total. The van der Waals surface area contributed by atoms with E-state index in [1.54, 1.807) is 13.8 Å². The zero-order chi connectivity index (χ0) is 15.6. The quantitative estimate of drug-likeness (QED) is 0.170. The average molecular weight is 354 g/mol. The van der Waals surface area contributed by atoms with E-state index in [1.807, 2.05) is 0 Å². The van der Waals surface area contributed by atoms with Gasteiger partial charge in [-0.15, -0.1) is 0 Å². The van der Waals surface area contributed by atoms with Crippen molar-refractivity contribution in [3.63, 3.8) is 0 Å². The fraction of sp³-hybridized carbons (Fsp3) is 1.00.